The smallest absolute Gasteiger partial charge is 0.286 e. The minimum atomic E-state index is -0.631. The third kappa shape index (κ3) is 4.48. The zero-order valence-electron chi connectivity index (χ0n) is 14.6. The topological polar surface area (TPSA) is 117 Å². The van der Waals surface area contributed by atoms with Crippen molar-refractivity contribution in [1.82, 2.24) is 5.32 Å². The van der Waals surface area contributed by atoms with Crippen molar-refractivity contribution in [3.05, 3.63) is 63.7 Å². The number of nitrogens with two attached hydrogens (primary N) is 1. The summed E-state index contributed by atoms with van der Waals surface area (Å²) in [5, 5.41) is 14.0. The van der Waals surface area contributed by atoms with Crippen molar-refractivity contribution >= 4 is 11.6 Å². The molecule has 2 aromatic carbocycles. The van der Waals surface area contributed by atoms with Crippen LogP contribution in [0.1, 0.15) is 28.9 Å². The number of hydrogen-bond acceptors (Lipinski definition) is 6. The SMILES string of the molecule is CCOc1cc([N+](=O)[O-])c(C(=O)NCC(N)c2ccccc2)cc1OC. The van der Waals surface area contributed by atoms with Crippen molar-refractivity contribution in [2.75, 3.05) is 20.3 Å². The quantitative estimate of drug-likeness (QED) is 0.552. The monoisotopic (exact) mass is 359 g/mol. The molecule has 0 aliphatic rings. The molecule has 26 heavy (non-hydrogen) atoms. The Bertz CT molecular complexity index is 780. The first-order valence-electron chi connectivity index (χ1n) is 8.05. The van der Waals surface area contributed by atoms with Gasteiger partial charge in [-0.3, -0.25) is 14.9 Å². The van der Waals surface area contributed by atoms with Gasteiger partial charge in [0.15, 0.2) is 11.5 Å². The van der Waals surface area contributed by atoms with E-state index in [2.05, 4.69) is 5.32 Å². The number of ether oxygens (including phenoxy) is 2. The highest BCUT2D eigenvalue weighted by Gasteiger charge is 2.25. The van der Waals surface area contributed by atoms with E-state index in [1.165, 1.54) is 19.2 Å². The summed E-state index contributed by atoms with van der Waals surface area (Å²) in [6.07, 6.45) is 0. The van der Waals surface area contributed by atoms with Crippen molar-refractivity contribution in [1.29, 1.82) is 0 Å². The van der Waals surface area contributed by atoms with Crippen LogP contribution in [0.4, 0.5) is 5.69 Å². The lowest BCUT2D eigenvalue weighted by molar-refractivity contribution is -0.385. The minimum absolute atomic E-state index is 0.115. The van der Waals surface area contributed by atoms with Gasteiger partial charge in [0, 0.05) is 18.7 Å². The van der Waals surface area contributed by atoms with Crippen molar-refractivity contribution in [3.63, 3.8) is 0 Å². The molecule has 0 spiro atoms. The Hall–Kier alpha value is -3.13. The summed E-state index contributed by atoms with van der Waals surface area (Å²) < 4.78 is 10.5. The van der Waals surface area contributed by atoms with Gasteiger partial charge in [-0.05, 0) is 12.5 Å². The third-order valence-corrected chi connectivity index (χ3v) is 3.73. The van der Waals surface area contributed by atoms with E-state index in [9.17, 15) is 14.9 Å². The minimum Gasteiger partial charge on any atom is -0.493 e. The summed E-state index contributed by atoms with van der Waals surface area (Å²) in [4.78, 5) is 23.2. The van der Waals surface area contributed by atoms with Crippen LogP contribution in [0.25, 0.3) is 0 Å². The van der Waals surface area contributed by atoms with Gasteiger partial charge in [-0.15, -0.1) is 0 Å². The third-order valence-electron chi connectivity index (χ3n) is 3.73. The van der Waals surface area contributed by atoms with Crippen LogP contribution >= 0.6 is 0 Å². The first-order chi connectivity index (χ1) is 12.5. The Morgan fingerprint density at radius 1 is 1.27 bits per heavy atom. The van der Waals surface area contributed by atoms with Gasteiger partial charge in [-0.1, -0.05) is 30.3 Å². The van der Waals surface area contributed by atoms with Crippen LogP contribution in [0.5, 0.6) is 11.5 Å². The summed E-state index contributed by atoms with van der Waals surface area (Å²) in [5.74, 6) is -0.154. The molecule has 0 aliphatic heterocycles. The molecule has 0 aromatic heterocycles. The van der Waals surface area contributed by atoms with Gasteiger partial charge in [0.05, 0.1) is 24.7 Å². The number of rotatable bonds is 8. The van der Waals surface area contributed by atoms with Crippen LogP contribution in [0.3, 0.4) is 0 Å². The van der Waals surface area contributed by atoms with Gasteiger partial charge in [0.25, 0.3) is 11.6 Å². The second kappa shape index (κ2) is 8.82. The molecule has 0 aliphatic carbocycles. The molecular weight excluding hydrogens is 338 g/mol. The first-order valence-corrected chi connectivity index (χ1v) is 8.05. The highest BCUT2D eigenvalue weighted by molar-refractivity contribution is 5.99. The zero-order valence-corrected chi connectivity index (χ0v) is 14.6. The zero-order chi connectivity index (χ0) is 19.1. The number of nitrogens with one attached hydrogen (secondary N) is 1. The number of benzene rings is 2. The molecule has 0 saturated heterocycles. The van der Waals surface area contributed by atoms with Crippen molar-refractivity contribution < 1.29 is 19.2 Å². The number of carbonyl (C=O) groups is 1. The normalized spacial score (nSPS) is 11.5. The number of carbonyl (C=O) groups excluding carboxylic acids is 1. The molecule has 8 heteroatoms. The Labute approximate surface area is 151 Å². The number of nitro groups is 1. The van der Waals surface area contributed by atoms with Gasteiger partial charge in [-0.25, -0.2) is 0 Å². The summed E-state index contributed by atoms with van der Waals surface area (Å²) in [5.41, 5.74) is 6.42. The van der Waals surface area contributed by atoms with Crippen molar-refractivity contribution in [3.8, 4) is 11.5 Å². The molecule has 1 unspecified atom stereocenters. The Balaban J connectivity index is 2.22. The van der Waals surface area contributed by atoms with Gasteiger partial charge in [-0.2, -0.15) is 0 Å². The lowest BCUT2D eigenvalue weighted by Gasteiger charge is -2.14. The maximum absolute atomic E-state index is 12.5. The maximum Gasteiger partial charge on any atom is 0.286 e. The van der Waals surface area contributed by atoms with Gasteiger partial charge < -0.3 is 20.5 Å². The van der Waals surface area contributed by atoms with E-state index < -0.39 is 16.9 Å². The molecule has 8 nitrogen and oxygen atoms in total. The van der Waals surface area contributed by atoms with Gasteiger partial charge in [0.2, 0.25) is 0 Å². The van der Waals surface area contributed by atoms with E-state index in [1.54, 1.807) is 6.92 Å². The summed E-state index contributed by atoms with van der Waals surface area (Å²) in [7, 11) is 1.40. The first kappa shape index (κ1) is 19.2. The molecule has 2 aromatic rings. The molecular formula is C18H21N3O5. The standard InChI is InChI=1S/C18H21N3O5/c1-3-26-17-10-15(21(23)24)13(9-16(17)25-2)18(22)20-11-14(19)12-7-5-4-6-8-12/h4-10,14H,3,11,19H2,1-2H3,(H,20,22). The molecule has 2 rings (SSSR count). The highest BCUT2D eigenvalue weighted by atomic mass is 16.6. The second-order valence-corrected chi connectivity index (χ2v) is 5.44. The number of methoxy groups -OCH3 is 1. The predicted octanol–water partition coefficient (Wildman–Crippen LogP) is 2.43. The van der Waals surface area contributed by atoms with Crippen LogP contribution in [0, 0.1) is 10.1 Å². The lowest BCUT2D eigenvalue weighted by atomic mass is 10.1. The van der Waals surface area contributed by atoms with Crippen LogP contribution in [0.15, 0.2) is 42.5 Å². The predicted molar refractivity (Wildman–Crippen MR) is 96.5 cm³/mol. The molecule has 0 bridgehead atoms. The Kier molecular flexibility index (Phi) is 6.51. The average Bonchev–Trinajstić information content (AvgIpc) is 2.66. The maximum atomic E-state index is 12.5. The Morgan fingerprint density at radius 2 is 1.96 bits per heavy atom. The molecule has 1 amide bonds. The van der Waals surface area contributed by atoms with Crippen LogP contribution in [0.2, 0.25) is 0 Å². The summed E-state index contributed by atoms with van der Waals surface area (Å²) in [6.45, 7) is 2.19. The Morgan fingerprint density at radius 3 is 2.54 bits per heavy atom. The number of hydrogen-bond donors (Lipinski definition) is 2. The number of nitrogens with zero attached hydrogens (tertiary/aromatic N) is 1. The molecule has 0 fully saturated rings. The number of amides is 1. The molecule has 0 radical (unpaired) electrons. The van der Waals surface area contributed by atoms with Crippen LogP contribution < -0.4 is 20.5 Å². The van der Waals surface area contributed by atoms with Gasteiger partial charge in [0.1, 0.15) is 5.56 Å². The molecule has 0 saturated carbocycles. The highest BCUT2D eigenvalue weighted by Crippen LogP contribution is 2.34. The van der Waals surface area contributed by atoms with E-state index in [1.807, 2.05) is 30.3 Å². The number of nitro benzene ring substituents is 1. The molecule has 1 atom stereocenters. The average molecular weight is 359 g/mol. The van der Waals surface area contributed by atoms with Gasteiger partial charge >= 0.3 is 0 Å². The fraction of sp³-hybridized carbons (Fsp3) is 0.278. The fourth-order valence-electron chi connectivity index (χ4n) is 2.43. The van der Waals surface area contributed by atoms with E-state index in [4.69, 9.17) is 15.2 Å². The van der Waals surface area contributed by atoms with E-state index in [0.29, 0.717) is 6.61 Å². The second-order valence-electron chi connectivity index (χ2n) is 5.44. The molecule has 138 valence electrons. The molecule has 0 heterocycles. The van der Waals surface area contributed by atoms with Crippen LogP contribution in [-0.2, 0) is 0 Å². The largest absolute Gasteiger partial charge is 0.493 e. The van der Waals surface area contributed by atoms with Crippen molar-refractivity contribution in [2.24, 2.45) is 5.73 Å². The summed E-state index contributed by atoms with van der Waals surface area (Å²) >= 11 is 0. The summed E-state index contributed by atoms with van der Waals surface area (Å²) in [6, 6.07) is 11.3. The fourth-order valence-corrected chi connectivity index (χ4v) is 2.43. The van der Waals surface area contributed by atoms with E-state index in [-0.39, 0.29) is 29.3 Å². The van der Waals surface area contributed by atoms with E-state index >= 15 is 0 Å². The lowest BCUT2D eigenvalue weighted by Crippen LogP contribution is -2.32. The van der Waals surface area contributed by atoms with E-state index in [0.717, 1.165) is 5.56 Å². The van der Waals surface area contributed by atoms with Crippen molar-refractivity contribution in [2.45, 2.75) is 13.0 Å². The molecule has 3 N–H and O–H groups in total. The van der Waals surface area contributed by atoms with Crippen LogP contribution in [-0.4, -0.2) is 31.1 Å².